The Bertz CT molecular complexity index is 454. The van der Waals surface area contributed by atoms with Gasteiger partial charge in [-0.25, -0.2) is 4.68 Å². The lowest BCUT2D eigenvalue weighted by molar-refractivity contribution is 0.364. The summed E-state index contributed by atoms with van der Waals surface area (Å²) in [4.78, 5) is 11.7. The van der Waals surface area contributed by atoms with Crippen LogP contribution >= 0.6 is 15.9 Å². The first-order chi connectivity index (χ1) is 8.68. The maximum absolute atomic E-state index is 11.7. The maximum atomic E-state index is 11.7. The van der Waals surface area contributed by atoms with Crippen LogP contribution in [0.25, 0.3) is 0 Å². The molecule has 2 N–H and O–H groups in total. The lowest BCUT2D eigenvalue weighted by atomic mass is 9.96. The summed E-state index contributed by atoms with van der Waals surface area (Å²) in [7, 11) is 1.64. The molecule has 1 aliphatic heterocycles. The van der Waals surface area contributed by atoms with Crippen LogP contribution in [0.4, 0.5) is 5.69 Å². The zero-order chi connectivity index (χ0) is 13.0. The second kappa shape index (κ2) is 6.33. The minimum atomic E-state index is -0.112. The van der Waals surface area contributed by atoms with E-state index in [0.717, 1.165) is 37.7 Å². The number of piperidine rings is 1. The highest BCUT2D eigenvalue weighted by molar-refractivity contribution is 9.10. The fourth-order valence-electron chi connectivity index (χ4n) is 2.22. The van der Waals surface area contributed by atoms with Gasteiger partial charge >= 0.3 is 0 Å². The molecule has 100 valence electrons. The van der Waals surface area contributed by atoms with Crippen LogP contribution in [0.15, 0.2) is 15.5 Å². The molecule has 1 aliphatic rings. The largest absolute Gasteiger partial charge is 0.383 e. The number of nitrogens with one attached hydrogen (secondary N) is 2. The quantitative estimate of drug-likeness (QED) is 0.880. The fourth-order valence-corrected chi connectivity index (χ4v) is 2.71. The molecule has 1 aromatic heterocycles. The van der Waals surface area contributed by atoms with E-state index in [4.69, 9.17) is 0 Å². The van der Waals surface area contributed by atoms with Gasteiger partial charge in [0.05, 0.1) is 11.9 Å². The number of nitrogens with zero attached hydrogens (tertiary/aromatic N) is 2. The Hall–Kier alpha value is -0.880. The topological polar surface area (TPSA) is 59.0 Å². The van der Waals surface area contributed by atoms with Gasteiger partial charge in [0.25, 0.3) is 5.56 Å². The first kappa shape index (κ1) is 13.5. The summed E-state index contributed by atoms with van der Waals surface area (Å²) in [5, 5.41) is 10.7. The van der Waals surface area contributed by atoms with Gasteiger partial charge in [0.15, 0.2) is 0 Å². The van der Waals surface area contributed by atoms with Crippen LogP contribution in [0, 0.1) is 5.92 Å². The van der Waals surface area contributed by atoms with Gasteiger partial charge in [0.1, 0.15) is 4.47 Å². The van der Waals surface area contributed by atoms with E-state index < -0.39 is 0 Å². The molecule has 0 amide bonds. The van der Waals surface area contributed by atoms with Crippen molar-refractivity contribution in [3.05, 3.63) is 21.0 Å². The molecule has 0 spiro atoms. The maximum Gasteiger partial charge on any atom is 0.282 e. The molecule has 1 fully saturated rings. The van der Waals surface area contributed by atoms with Crippen molar-refractivity contribution in [2.75, 3.05) is 25.0 Å². The lowest BCUT2D eigenvalue weighted by Crippen LogP contribution is -2.31. The van der Waals surface area contributed by atoms with E-state index in [0.29, 0.717) is 4.47 Å². The molecular formula is C12H19BrN4O. The Morgan fingerprint density at radius 3 is 3.22 bits per heavy atom. The monoisotopic (exact) mass is 314 g/mol. The van der Waals surface area contributed by atoms with Gasteiger partial charge < -0.3 is 10.6 Å². The van der Waals surface area contributed by atoms with Gasteiger partial charge in [-0.1, -0.05) is 0 Å². The summed E-state index contributed by atoms with van der Waals surface area (Å²) in [5.74, 6) is 0.740. The molecule has 1 atom stereocenters. The fraction of sp³-hybridized carbons (Fsp3) is 0.667. The molecule has 5 nitrogen and oxygen atoms in total. The van der Waals surface area contributed by atoms with Crippen molar-refractivity contribution in [1.82, 2.24) is 15.1 Å². The second-order valence-electron chi connectivity index (χ2n) is 4.73. The molecule has 0 bridgehead atoms. The Morgan fingerprint density at radius 1 is 1.67 bits per heavy atom. The van der Waals surface area contributed by atoms with E-state index in [-0.39, 0.29) is 5.56 Å². The van der Waals surface area contributed by atoms with Gasteiger partial charge in [0, 0.05) is 13.6 Å². The summed E-state index contributed by atoms with van der Waals surface area (Å²) in [6, 6.07) is 0. The van der Waals surface area contributed by atoms with Crippen molar-refractivity contribution >= 4 is 21.6 Å². The molecule has 1 saturated heterocycles. The normalized spacial score (nSPS) is 19.8. The van der Waals surface area contributed by atoms with Gasteiger partial charge in [0.2, 0.25) is 0 Å². The number of hydrogen-bond donors (Lipinski definition) is 2. The van der Waals surface area contributed by atoms with Crippen molar-refractivity contribution < 1.29 is 0 Å². The number of halogens is 1. The van der Waals surface area contributed by atoms with Crippen molar-refractivity contribution in [2.24, 2.45) is 13.0 Å². The first-order valence-corrected chi connectivity index (χ1v) is 7.14. The number of hydrogen-bond acceptors (Lipinski definition) is 4. The van der Waals surface area contributed by atoms with Crippen molar-refractivity contribution in [2.45, 2.75) is 19.3 Å². The molecule has 1 aromatic rings. The minimum Gasteiger partial charge on any atom is -0.383 e. The zero-order valence-corrected chi connectivity index (χ0v) is 12.2. The van der Waals surface area contributed by atoms with E-state index in [9.17, 15) is 4.79 Å². The van der Waals surface area contributed by atoms with E-state index in [1.165, 1.54) is 17.5 Å². The molecule has 1 unspecified atom stereocenters. The smallest absolute Gasteiger partial charge is 0.282 e. The van der Waals surface area contributed by atoms with E-state index in [2.05, 4.69) is 31.7 Å². The highest BCUT2D eigenvalue weighted by Gasteiger charge is 2.13. The highest BCUT2D eigenvalue weighted by Crippen LogP contribution is 2.18. The molecule has 18 heavy (non-hydrogen) atoms. The number of aromatic nitrogens is 2. The van der Waals surface area contributed by atoms with E-state index in [1.807, 2.05) is 0 Å². The Kier molecular flexibility index (Phi) is 4.77. The third kappa shape index (κ3) is 3.32. The molecule has 0 aliphatic carbocycles. The van der Waals surface area contributed by atoms with E-state index in [1.54, 1.807) is 13.2 Å². The second-order valence-corrected chi connectivity index (χ2v) is 5.52. The van der Waals surface area contributed by atoms with Crippen LogP contribution in [0.3, 0.4) is 0 Å². The van der Waals surface area contributed by atoms with Gasteiger partial charge in [-0.15, -0.1) is 0 Å². The highest BCUT2D eigenvalue weighted by atomic mass is 79.9. The summed E-state index contributed by atoms with van der Waals surface area (Å²) in [6.07, 6.45) is 5.37. The molecule has 0 aromatic carbocycles. The average Bonchev–Trinajstić information content (AvgIpc) is 2.40. The van der Waals surface area contributed by atoms with Crippen LogP contribution in [0.1, 0.15) is 19.3 Å². The van der Waals surface area contributed by atoms with Crippen molar-refractivity contribution in [3.8, 4) is 0 Å². The first-order valence-electron chi connectivity index (χ1n) is 6.35. The van der Waals surface area contributed by atoms with Crippen LogP contribution < -0.4 is 16.2 Å². The SMILES string of the molecule is Cn1ncc(NCCC2CCCNC2)c(Br)c1=O. The van der Waals surface area contributed by atoms with Gasteiger partial charge in [-0.3, -0.25) is 4.79 Å². The Morgan fingerprint density at radius 2 is 2.50 bits per heavy atom. The van der Waals surface area contributed by atoms with Gasteiger partial charge in [-0.2, -0.15) is 5.10 Å². The van der Waals surface area contributed by atoms with Crippen LogP contribution in [-0.2, 0) is 7.05 Å². The van der Waals surface area contributed by atoms with Crippen molar-refractivity contribution in [1.29, 1.82) is 0 Å². The molecule has 2 rings (SSSR count). The van der Waals surface area contributed by atoms with Crippen LogP contribution in [-0.4, -0.2) is 29.4 Å². The lowest BCUT2D eigenvalue weighted by Gasteiger charge is -2.22. The summed E-state index contributed by atoms with van der Waals surface area (Å²) < 4.78 is 1.88. The Labute approximate surface area is 115 Å². The van der Waals surface area contributed by atoms with E-state index >= 15 is 0 Å². The Balaban J connectivity index is 1.86. The zero-order valence-electron chi connectivity index (χ0n) is 10.6. The molecule has 6 heteroatoms. The summed E-state index contributed by atoms with van der Waals surface area (Å²) in [6.45, 7) is 3.13. The average molecular weight is 315 g/mol. The summed E-state index contributed by atoms with van der Waals surface area (Å²) >= 11 is 3.31. The minimum absolute atomic E-state index is 0.112. The number of anilines is 1. The van der Waals surface area contributed by atoms with Crippen LogP contribution in [0.5, 0.6) is 0 Å². The molecular weight excluding hydrogens is 296 g/mol. The predicted molar refractivity (Wildman–Crippen MR) is 75.9 cm³/mol. The summed E-state index contributed by atoms with van der Waals surface area (Å²) in [5.41, 5.74) is 0.668. The molecule has 0 radical (unpaired) electrons. The number of rotatable bonds is 4. The predicted octanol–water partition coefficient (Wildman–Crippen LogP) is 1.34. The van der Waals surface area contributed by atoms with Gasteiger partial charge in [-0.05, 0) is 54.2 Å². The third-order valence-electron chi connectivity index (χ3n) is 3.35. The van der Waals surface area contributed by atoms with Crippen molar-refractivity contribution in [3.63, 3.8) is 0 Å². The van der Waals surface area contributed by atoms with Crippen LogP contribution in [0.2, 0.25) is 0 Å². The molecule has 2 heterocycles. The molecule has 0 saturated carbocycles. The third-order valence-corrected chi connectivity index (χ3v) is 4.11. The standard InChI is InChI=1S/C12H19BrN4O/c1-17-12(18)11(13)10(8-16-17)15-6-4-9-3-2-5-14-7-9/h8-9,14-15H,2-7H2,1H3. The number of aryl methyl sites for hydroxylation is 1.